The van der Waals surface area contributed by atoms with Crippen molar-refractivity contribution in [1.29, 1.82) is 0 Å². The summed E-state index contributed by atoms with van der Waals surface area (Å²) in [6.45, 7) is 1.25. The zero-order chi connectivity index (χ0) is 14.9. The van der Waals surface area contributed by atoms with Crippen LogP contribution in [0.25, 0.3) is 0 Å². The van der Waals surface area contributed by atoms with E-state index in [1.54, 1.807) is 0 Å². The molecule has 0 fully saturated rings. The second-order valence-electron chi connectivity index (χ2n) is 4.07. The molecule has 120 valence electrons. The molecule has 1 amide bonds. The van der Waals surface area contributed by atoms with Crippen molar-refractivity contribution in [2.75, 3.05) is 33.7 Å². The SMILES string of the molecule is CCCCNC(=NC)NCC(=O)N(C)CC(F)(F)F.I. The molecule has 20 heavy (non-hydrogen) atoms. The van der Waals surface area contributed by atoms with Crippen molar-refractivity contribution < 1.29 is 18.0 Å². The van der Waals surface area contributed by atoms with Crippen LogP contribution in [-0.2, 0) is 4.79 Å². The van der Waals surface area contributed by atoms with Crippen LogP contribution in [0.2, 0.25) is 0 Å². The Kier molecular flexibility index (Phi) is 11.8. The predicted molar refractivity (Wildman–Crippen MR) is 83.4 cm³/mol. The normalized spacial score (nSPS) is 11.6. The van der Waals surface area contributed by atoms with Gasteiger partial charge in [0.2, 0.25) is 5.91 Å². The molecular weight excluding hydrogens is 388 g/mol. The zero-order valence-electron chi connectivity index (χ0n) is 11.9. The summed E-state index contributed by atoms with van der Waals surface area (Å²) in [7, 11) is 2.65. The molecule has 0 heterocycles. The van der Waals surface area contributed by atoms with Crippen LogP contribution in [0.15, 0.2) is 4.99 Å². The molecule has 0 aliphatic heterocycles. The number of guanidine groups is 1. The third-order valence-corrected chi connectivity index (χ3v) is 2.30. The number of carbonyl (C=O) groups excluding carboxylic acids is 1. The molecule has 0 aliphatic rings. The standard InChI is InChI=1S/C11H21F3N4O.HI/c1-4-5-6-16-10(15-2)17-7-9(19)18(3)8-11(12,13)14;/h4-8H2,1-3H3,(H2,15,16,17);1H. The molecule has 0 saturated carbocycles. The third kappa shape index (κ3) is 11.1. The van der Waals surface area contributed by atoms with Crippen LogP contribution in [0, 0.1) is 0 Å². The molecule has 0 atom stereocenters. The van der Waals surface area contributed by atoms with Gasteiger partial charge in [0.05, 0.1) is 6.54 Å². The number of hydrogen-bond acceptors (Lipinski definition) is 2. The van der Waals surface area contributed by atoms with E-state index in [0.29, 0.717) is 17.4 Å². The minimum Gasteiger partial charge on any atom is -0.356 e. The minimum atomic E-state index is -4.38. The van der Waals surface area contributed by atoms with E-state index in [2.05, 4.69) is 15.6 Å². The molecule has 0 unspecified atom stereocenters. The van der Waals surface area contributed by atoms with Crippen molar-refractivity contribution in [3.8, 4) is 0 Å². The number of nitrogens with zero attached hydrogens (tertiary/aromatic N) is 2. The minimum absolute atomic E-state index is 0. The van der Waals surface area contributed by atoms with Crippen LogP contribution in [-0.4, -0.2) is 56.7 Å². The second-order valence-corrected chi connectivity index (χ2v) is 4.07. The second kappa shape index (κ2) is 11.0. The Labute approximate surface area is 134 Å². The Morgan fingerprint density at radius 2 is 1.90 bits per heavy atom. The molecule has 0 radical (unpaired) electrons. The Hall–Kier alpha value is -0.740. The molecule has 0 aliphatic carbocycles. The first-order chi connectivity index (χ1) is 8.80. The average Bonchev–Trinajstić information content (AvgIpc) is 2.31. The molecule has 0 spiro atoms. The first kappa shape index (κ1) is 21.6. The molecule has 9 heteroatoms. The van der Waals surface area contributed by atoms with E-state index in [4.69, 9.17) is 0 Å². The molecule has 5 nitrogen and oxygen atoms in total. The molecule has 0 saturated heterocycles. The lowest BCUT2D eigenvalue weighted by Crippen LogP contribution is -2.45. The highest BCUT2D eigenvalue weighted by Crippen LogP contribution is 2.15. The smallest absolute Gasteiger partial charge is 0.356 e. The van der Waals surface area contributed by atoms with Crippen molar-refractivity contribution in [3.05, 3.63) is 0 Å². The number of rotatable bonds is 6. The molecule has 2 N–H and O–H groups in total. The van der Waals surface area contributed by atoms with E-state index >= 15 is 0 Å². The van der Waals surface area contributed by atoms with Crippen LogP contribution in [0.4, 0.5) is 13.2 Å². The number of carbonyl (C=O) groups is 1. The molecule has 0 aromatic carbocycles. The van der Waals surface area contributed by atoms with E-state index in [-0.39, 0.29) is 30.5 Å². The molecule has 0 aromatic heterocycles. The zero-order valence-corrected chi connectivity index (χ0v) is 14.2. The van der Waals surface area contributed by atoms with E-state index in [1.807, 2.05) is 6.92 Å². The van der Waals surface area contributed by atoms with Gasteiger partial charge in [-0.05, 0) is 6.42 Å². The Morgan fingerprint density at radius 1 is 1.30 bits per heavy atom. The topological polar surface area (TPSA) is 56.7 Å². The number of halogens is 4. The highest BCUT2D eigenvalue weighted by atomic mass is 127. The monoisotopic (exact) mass is 410 g/mol. The number of aliphatic imine (C=N–C) groups is 1. The summed E-state index contributed by atoms with van der Waals surface area (Å²) >= 11 is 0. The van der Waals surface area contributed by atoms with Crippen molar-refractivity contribution in [2.24, 2.45) is 4.99 Å². The van der Waals surface area contributed by atoms with Crippen molar-refractivity contribution >= 4 is 35.8 Å². The van der Waals surface area contributed by atoms with Gasteiger partial charge in [0.25, 0.3) is 0 Å². The Morgan fingerprint density at radius 3 is 2.35 bits per heavy atom. The maximum absolute atomic E-state index is 12.1. The van der Waals surface area contributed by atoms with Crippen molar-refractivity contribution in [2.45, 2.75) is 25.9 Å². The summed E-state index contributed by atoms with van der Waals surface area (Å²) in [5, 5.41) is 5.63. The fourth-order valence-corrected chi connectivity index (χ4v) is 1.26. The number of unbranched alkanes of at least 4 members (excludes halogenated alkanes) is 1. The van der Waals surface area contributed by atoms with Gasteiger partial charge < -0.3 is 15.5 Å². The molecule has 0 bridgehead atoms. The number of hydrogen-bond donors (Lipinski definition) is 2. The van der Waals surface area contributed by atoms with Gasteiger partial charge in [-0.15, -0.1) is 24.0 Å². The van der Waals surface area contributed by atoms with Gasteiger partial charge in [-0.2, -0.15) is 13.2 Å². The van der Waals surface area contributed by atoms with Crippen LogP contribution >= 0.6 is 24.0 Å². The highest BCUT2D eigenvalue weighted by Gasteiger charge is 2.31. The maximum atomic E-state index is 12.1. The molecule has 0 rings (SSSR count). The van der Waals surface area contributed by atoms with Crippen LogP contribution in [0.1, 0.15) is 19.8 Å². The lowest BCUT2D eigenvalue weighted by Gasteiger charge is -2.19. The summed E-state index contributed by atoms with van der Waals surface area (Å²) in [6.07, 6.45) is -2.43. The first-order valence-corrected chi connectivity index (χ1v) is 6.05. The third-order valence-electron chi connectivity index (χ3n) is 2.30. The lowest BCUT2D eigenvalue weighted by atomic mass is 10.3. The Balaban J connectivity index is 0. The largest absolute Gasteiger partial charge is 0.406 e. The van der Waals surface area contributed by atoms with Gasteiger partial charge >= 0.3 is 6.18 Å². The van der Waals surface area contributed by atoms with Gasteiger partial charge in [-0.1, -0.05) is 13.3 Å². The summed E-state index contributed by atoms with van der Waals surface area (Å²) in [4.78, 5) is 16.0. The van der Waals surface area contributed by atoms with E-state index in [1.165, 1.54) is 7.05 Å². The fraction of sp³-hybridized carbons (Fsp3) is 0.818. The van der Waals surface area contributed by atoms with Crippen molar-refractivity contribution in [1.82, 2.24) is 15.5 Å². The van der Waals surface area contributed by atoms with Gasteiger partial charge in [0.15, 0.2) is 5.96 Å². The summed E-state index contributed by atoms with van der Waals surface area (Å²) in [5.41, 5.74) is 0. The van der Waals surface area contributed by atoms with Gasteiger partial charge in [-0.3, -0.25) is 9.79 Å². The van der Waals surface area contributed by atoms with Crippen LogP contribution in [0.5, 0.6) is 0 Å². The average molecular weight is 410 g/mol. The van der Waals surface area contributed by atoms with Gasteiger partial charge in [0, 0.05) is 20.6 Å². The van der Waals surface area contributed by atoms with Crippen molar-refractivity contribution in [3.63, 3.8) is 0 Å². The highest BCUT2D eigenvalue weighted by molar-refractivity contribution is 14.0. The fourth-order valence-electron chi connectivity index (χ4n) is 1.26. The van der Waals surface area contributed by atoms with Gasteiger partial charge in [0.1, 0.15) is 6.54 Å². The maximum Gasteiger partial charge on any atom is 0.406 e. The molecule has 0 aromatic rings. The quantitative estimate of drug-likeness (QED) is 0.303. The van der Waals surface area contributed by atoms with E-state index in [0.717, 1.165) is 19.9 Å². The van der Waals surface area contributed by atoms with Crippen LogP contribution < -0.4 is 10.6 Å². The van der Waals surface area contributed by atoms with Crippen LogP contribution in [0.3, 0.4) is 0 Å². The van der Waals surface area contributed by atoms with Gasteiger partial charge in [-0.25, -0.2) is 0 Å². The summed E-state index contributed by atoms with van der Waals surface area (Å²) < 4.78 is 36.3. The molecular formula is C11H22F3IN4O. The number of amides is 1. The lowest BCUT2D eigenvalue weighted by molar-refractivity contribution is -0.157. The summed E-state index contributed by atoms with van der Waals surface area (Å²) in [6, 6.07) is 0. The van der Waals surface area contributed by atoms with E-state index < -0.39 is 18.6 Å². The number of nitrogens with one attached hydrogen (secondary N) is 2. The predicted octanol–water partition coefficient (Wildman–Crippen LogP) is 1.59. The van der Waals surface area contributed by atoms with E-state index in [9.17, 15) is 18.0 Å². The number of likely N-dealkylation sites (N-methyl/N-ethyl adjacent to an activating group) is 1. The number of alkyl halides is 3. The first-order valence-electron chi connectivity index (χ1n) is 6.05. The summed E-state index contributed by atoms with van der Waals surface area (Å²) in [5.74, 6) is -0.238. The Bertz CT molecular complexity index is 311.